The molecule has 0 saturated heterocycles. The zero-order valence-corrected chi connectivity index (χ0v) is 22.6. The summed E-state index contributed by atoms with van der Waals surface area (Å²) >= 11 is 1.87. The Morgan fingerprint density at radius 2 is 1.86 bits per heavy atom. The SMILES string of the molecule is COc1ccc(C2c3cccn3-c3sc4c(c3CN2C(=O)Nc2cc(C)ccc2C)CCN(C)C4)cc1. The number of urea groups is 1. The second-order valence-corrected chi connectivity index (χ2v) is 11.2. The minimum atomic E-state index is -0.243. The van der Waals surface area contributed by atoms with Crippen LogP contribution < -0.4 is 10.1 Å². The number of carbonyl (C=O) groups is 1. The van der Waals surface area contributed by atoms with Gasteiger partial charge in [0.25, 0.3) is 0 Å². The third-order valence-electron chi connectivity index (χ3n) is 7.58. The first-order valence-corrected chi connectivity index (χ1v) is 13.5. The van der Waals surface area contributed by atoms with Gasteiger partial charge < -0.3 is 24.4 Å². The summed E-state index contributed by atoms with van der Waals surface area (Å²) in [5.41, 5.74) is 7.86. The molecule has 2 aromatic carbocycles. The number of rotatable bonds is 3. The van der Waals surface area contributed by atoms with Crippen molar-refractivity contribution in [1.29, 1.82) is 0 Å². The fourth-order valence-corrected chi connectivity index (χ4v) is 6.99. The summed E-state index contributed by atoms with van der Waals surface area (Å²) < 4.78 is 7.73. The summed E-state index contributed by atoms with van der Waals surface area (Å²) in [6, 6.07) is 18.2. The number of nitrogens with one attached hydrogen (secondary N) is 1. The Balaban J connectivity index is 1.49. The van der Waals surface area contributed by atoms with Gasteiger partial charge in [0, 0.05) is 35.4 Å². The summed E-state index contributed by atoms with van der Waals surface area (Å²) in [5.74, 6) is 0.802. The molecule has 2 amide bonds. The van der Waals surface area contributed by atoms with Gasteiger partial charge in [-0.3, -0.25) is 0 Å². The lowest BCUT2D eigenvalue weighted by Crippen LogP contribution is -2.38. The molecule has 190 valence electrons. The van der Waals surface area contributed by atoms with E-state index in [-0.39, 0.29) is 12.1 Å². The highest BCUT2D eigenvalue weighted by Crippen LogP contribution is 2.43. The van der Waals surface area contributed by atoms with Crippen molar-refractivity contribution < 1.29 is 9.53 Å². The van der Waals surface area contributed by atoms with Crippen LogP contribution >= 0.6 is 11.3 Å². The van der Waals surface area contributed by atoms with E-state index >= 15 is 0 Å². The molecule has 7 heteroatoms. The van der Waals surface area contributed by atoms with E-state index in [2.05, 4.69) is 71.4 Å². The molecule has 37 heavy (non-hydrogen) atoms. The number of hydrogen-bond donors (Lipinski definition) is 1. The highest BCUT2D eigenvalue weighted by atomic mass is 32.1. The number of amides is 2. The van der Waals surface area contributed by atoms with Crippen molar-refractivity contribution >= 4 is 23.1 Å². The van der Waals surface area contributed by atoms with E-state index in [1.165, 1.54) is 21.0 Å². The Morgan fingerprint density at radius 1 is 1.05 bits per heavy atom. The van der Waals surface area contributed by atoms with Crippen LogP contribution in [0.3, 0.4) is 0 Å². The number of fused-ring (bicyclic) bond motifs is 5. The molecule has 1 N–H and O–H groups in total. The molecule has 1 unspecified atom stereocenters. The molecular weight excluding hydrogens is 480 g/mol. The van der Waals surface area contributed by atoms with E-state index in [1.54, 1.807) is 7.11 Å². The van der Waals surface area contributed by atoms with Gasteiger partial charge >= 0.3 is 6.03 Å². The van der Waals surface area contributed by atoms with Crippen LogP contribution in [0.5, 0.6) is 5.75 Å². The minimum Gasteiger partial charge on any atom is -0.497 e. The van der Waals surface area contributed by atoms with E-state index in [4.69, 9.17) is 4.74 Å². The minimum absolute atomic E-state index is 0.0944. The molecule has 6 rings (SSSR count). The molecule has 4 aromatic rings. The molecule has 0 spiro atoms. The van der Waals surface area contributed by atoms with E-state index < -0.39 is 0 Å². The standard InChI is InChI=1S/C30H32N4O2S/c1-19-7-8-20(2)25(16-19)31-30(35)34-17-24-23-13-15-32(3)18-27(23)37-29(24)33-14-5-6-26(33)28(34)21-9-11-22(36-4)12-10-21/h5-12,14,16,28H,13,15,17-18H2,1-4H3,(H,31,35). The number of likely N-dealkylation sites (N-methyl/N-ethyl adjacent to an activating group) is 1. The summed E-state index contributed by atoms with van der Waals surface area (Å²) in [6.45, 7) is 6.63. The molecule has 0 bridgehead atoms. The summed E-state index contributed by atoms with van der Waals surface area (Å²) in [5, 5.41) is 4.49. The Morgan fingerprint density at radius 3 is 2.65 bits per heavy atom. The summed E-state index contributed by atoms with van der Waals surface area (Å²) in [7, 11) is 3.85. The molecule has 2 aliphatic rings. The van der Waals surface area contributed by atoms with Crippen LogP contribution in [0.15, 0.2) is 60.8 Å². The van der Waals surface area contributed by atoms with Gasteiger partial charge in [-0.1, -0.05) is 24.3 Å². The van der Waals surface area contributed by atoms with Gasteiger partial charge in [-0.2, -0.15) is 0 Å². The van der Waals surface area contributed by atoms with Crippen molar-refractivity contribution in [3.63, 3.8) is 0 Å². The fraction of sp³-hybridized carbons (Fsp3) is 0.300. The van der Waals surface area contributed by atoms with Crippen LogP contribution in [0.1, 0.15) is 44.4 Å². The first kappa shape index (κ1) is 23.8. The number of aromatic nitrogens is 1. The quantitative estimate of drug-likeness (QED) is 0.351. The maximum atomic E-state index is 14.2. The van der Waals surface area contributed by atoms with Crippen molar-refractivity contribution in [2.45, 2.75) is 39.4 Å². The van der Waals surface area contributed by atoms with Crippen LogP contribution in [0.2, 0.25) is 0 Å². The molecule has 6 nitrogen and oxygen atoms in total. The van der Waals surface area contributed by atoms with E-state index in [1.807, 2.05) is 41.4 Å². The number of nitrogens with zero attached hydrogens (tertiary/aromatic N) is 3. The van der Waals surface area contributed by atoms with E-state index in [0.717, 1.165) is 53.3 Å². The van der Waals surface area contributed by atoms with Crippen LogP contribution in [-0.4, -0.2) is 41.1 Å². The van der Waals surface area contributed by atoms with Crippen molar-refractivity contribution in [2.75, 3.05) is 26.0 Å². The van der Waals surface area contributed by atoms with E-state index in [0.29, 0.717) is 6.54 Å². The highest BCUT2D eigenvalue weighted by Gasteiger charge is 2.36. The Hall–Kier alpha value is -3.55. The second-order valence-electron chi connectivity index (χ2n) is 10.1. The average molecular weight is 513 g/mol. The van der Waals surface area contributed by atoms with Crippen molar-refractivity contribution in [3.05, 3.63) is 99.2 Å². The molecule has 0 saturated carbocycles. The number of carbonyl (C=O) groups excluding carboxylic acids is 1. The van der Waals surface area contributed by atoms with Gasteiger partial charge in [-0.15, -0.1) is 11.3 Å². The molecule has 4 heterocycles. The van der Waals surface area contributed by atoms with Crippen molar-refractivity contribution in [1.82, 2.24) is 14.4 Å². The topological polar surface area (TPSA) is 49.7 Å². The molecule has 0 fully saturated rings. The molecule has 1 atom stereocenters. The summed E-state index contributed by atoms with van der Waals surface area (Å²) in [4.78, 5) is 19.9. The molecule has 0 radical (unpaired) electrons. The lowest BCUT2D eigenvalue weighted by molar-refractivity contribution is 0.194. The Kier molecular flexibility index (Phi) is 6.05. The Labute approximate surface area is 222 Å². The van der Waals surface area contributed by atoms with Gasteiger partial charge in [-0.05, 0) is 79.9 Å². The third kappa shape index (κ3) is 4.22. The smallest absolute Gasteiger partial charge is 0.322 e. The number of aryl methyl sites for hydroxylation is 2. The van der Waals surface area contributed by atoms with Gasteiger partial charge in [0.2, 0.25) is 0 Å². The largest absolute Gasteiger partial charge is 0.497 e. The average Bonchev–Trinajstić information content (AvgIpc) is 3.47. The predicted molar refractivity (Wildman–Crippen MR) is 149 cm³/mol. The number of ether oxygens (including phenoxy) is 1. The lowest BCUT2D eigenvalue weighted by Gasteiger charge is -2.32. The monoisotopic (exact) mass is 512 g/mol. The number of thiophene rings is 1. The highest BCUT2D eigenvalue weighted by molar-refractivity contribution is 7.15. The molecule has 0 aliphatic carbocycles. The zero-order valence-electron chi connectivity index (χ0n) is 21.7. The first-order valence-electron chi connectivity index (χ1n) is 12.7. The van der Waals surface area contributed by atoms with Gasteiger partial charge in [0.15, 0.2) is 0 Å². The van der Waals surface area contributed by atoms with Gasteiger partial charge in [-0.25, -0.2) is 4.79 Å². The maximum Gasteiger partial charge on any atom is 0.322 e. The number of benzene rings is 2. The maximum absolute atomic E-state index is 14.2. The van der Waals surface area contributed by atoms with Crippen LogP contribution in [-0.2, 0) is 19.5 Å². The normalized spacial score (nSPS) is 17.0. The number of methoxy groups -OCH3 is 1. The van der Waals surface area contributed by atoms with Crippen LogP contribution in [0.4, 0.5) is 10.5 Å². The second kappa shape index (κ2) is 9.39. The fourth-order valence-electron chi connectivity index (χ4n) is 5.55. The zero-order chi connectivity index (χ0) is 25.7. The van der Waals surface area contributed by atoms with Crippen LogP contribution in [0.25, 0.3) is 5.00 Å². The summed E-state index contributed by atoms with van der Waals surface area (Å²) in [6.07, 6.45) is 3.15. The van der Waals surface area contributed by atoms with Gasteiger partial charge in [0.1, 0.15) is 10.8 Å². The number of hydrogen-bond acceptors (Lipinski definition) is 4. The van der Waals surface area contributed by atoms with Crippen molar-refractivity contribution in [2.24, 2.45) is 0 Å². The van der Waals surface area contributed by atoms with Gasteiger partial charge in [0.05, 0.1) is 25.4 Å². The van der Waals surface area contributed by atoms with Crippen LogP contribution in [0, 0.1) is 13.8 Å². The third-order valence-corrected chi connectivity index (χ3v) is 8.84. The first-order chi connectivity index (χ1) is 17.9. The van der Waals surface area contributed by atoms with Crippen molar-refractivity contribution in [3.8, 4) is 10.8 Å². The number of anilines is 1. The molecular formula is C30H32N4O2S. The lowest BCUT2D eigenvalue weighted by atomic mass is 10.00. The van der Waals surface area contributed by atoms with E-state index in [9.17, 15) is 4.79 Å². The molecule has 2 aliphatic heterocycles. The Bertz CT molecular complexity index is 1470. The predicted octanol–water partition coefficient (Wildman–Crippen LogP) is 6.29. The molecule has 2 aromatic heterocycles.